The molecule has 4 rings (SSSR count). The number of aliphatic carboxylic acids is 2. The van der Waals surface area contributed by atoms with E-state index >= 15 is 0 Å². The van der Waals surface area contributed by atoms with Gasteiger partial charge in [-0.2, -0.15) is 0 Å². The maximum atomic E-state index is 13.2. The molecule has 0 bridgehead atoms. The molecule has 2 aliphatic rings. The Morgan fingerprint density at radius 3 is 1.00 bits per heavy atom. The van der Waals surface area contributed by atoms with Gasteiger partial charge in [0.1, 0.15) is 11.1 Å². The fourth-order valence-corrected chi connectivity index (χ4v) is 4.08. The van der Waals surface area contributed by atoms with Gasteiger partial charge in [-0.25, -0.2) is 9.59 Å². The van der Waals surface area contributed by atoms with Crippen molar-refractivity contribution in [3.63, 3.8) is 0 Å². The molecule has 32 heavy (non-hydrogen) atoms. The SMILES string of the molecule is CC(C)(C(=O)O)N1C(=O)c2ccc3c4c(ccc(c24)C1=O)C(=O)N(C(C)(C)C(=O)O)C3=O. The van der Waals surface area contributed by atoms with Crippen molar-refractivity contribution in [3.05, 3.63) is 46.5 Å². The van der Waals surface area contributed by atoms with Crippen LogP contribution in [0.1, 0.15) is 69.1 Å². The van der Waals surface area contributed by atoms with Crippen LogP contribution in [0.25, 0.3) is 10.8 Å². The third-order valence-electron chi connectivity index (χ3n) is 6.06. The smallest absolute Gasteiger partial charge is 0.329 e. The average Bonchev–Trinajstić information content (AvgIpc) is 2.69. The lowest BCUT2D eigenvalue weighted by molar-refractivity contribution is -0.147. The van der Waals surface area contributed by atoms with Crippen LogP contribution in [0.2, 0.25) is 0 Å². The van der Waals surface area contributed by atoms with Crippen LogP contribution in [0.3, 0.4) is 0 Å². The molecule has 2 aromatic carbocycles. The highest BCUT2D eigenvalue weighted by atomic mass is 16.4. The van der Waals surface area contributed by atoms with Crippen LogP contribution in [0.4, 0.5) is 0 Å². The van der Waals surface area contributed by atoms with Crippen LogP contribution < -0.4 is 0 Å². The average molecular weight is 438 g/mol. The van der Waals surface area contributed by atoms with Crippen molar-refractivity contribution in [1.29, 1.82) is 0 Å². The zero-order chi connectivity index (χ0) is 23.9. The van der Waals surface area contributed by atoms with Gasteiger partial charge in [0, 0.05) is 33.0 Å². The lowest BCUT2D eigenvalue weighted by Crippen LogP contribution is -2.58. The fourth-order valence-electron chi connectivity index (χ4n) is 4.08. The monoisotopic (exact) mass is 438 g/mol. The number of imide groups is 2. The first kappa shape index (κ1) is 21.2. The van der Waals surface area contributed by atoms with Gasteiger partial charge >= 0.3 is 11.9 Å². The summed E-state index contributed by atoms with van der Waals surface area (Å²) in [5.41, 5.74) is -3.80. The maximum absolute atomic E-state index is 13.2. The molecule has 0 saturated heterocycles. The molecule has 0 saturated carbocycles. The molecule has 2 heterocycles. The van der Waals surface area contributed by atoms with E-state index in [0.717, 1.165) is 0 Å². The minimum atomic E-state index is -1.85. The summed E-state index contributed by atoms with van der Waals surface area (Å²) in [5, 5.41) is 19.2. The standard InChI is InChI=1S/C22H18N2O8/c1-21(2,19(29)30)23-15(25)9-5-7-11-14-12(8-6-10(13(9)14)16(23)26)18(28)24(17(11)27)22(3,4)20(31)32/h5-8H,1-4H3,(H,29,30)(H,31,32). The predicted molar refractivity (Wildman–Crippen MR) is 108 cm³/mol. The third kappa shape index (κ3) is 2.40. The largest absolute Gasteiger partial charge is 0.480 e. The molecule has 0 unspecified atom stereocenters. The van der Waals surface area contributed by atoms with Crippen LogP contribution in [0.5, 0.6) is 0 Å². The fraction of sp³-hybridized carbons (Fsp3) is 0.273. The van der Waals surface area contributed by atoms with E-state index < -0.39 is 46.6 Å². The van der Waals surface area contributed by atoms with Crippen molar-refractivity contribution in [1.82, 2.24) is 9.80 Å². The van der Waals surface area contributed by atoms with Gasteiger partial charge in [0.05, 0.1) is 0 Å². The van der Waals surface area contributed by atoms with Gasteiger partial charge in [-0.1, -0.05) is 0 Å². The number of benzene rings is 2. The number of hydrogen-bond donors (Lipinski definition) is 2. The van der Waals surface area contributed by atoms with Gasteiger partial charge in [-0.3, -0.25) is 29.0 Å². The summed E-state index contributed by atoms with van der Waals surface area (Å²) in [5.74, 6) is -6.24. The molecule has 2 N–H and O–H groups in total. The number of carboxylic acid groups (broad SMARTS) is 2. The molecular formula is C22H18N2O8. The van der Waals surface area contributed by atoms with Crippen molar-refractivity contribution in [2.45, 2.75) is 38.8 Å². The van der Waals surface area contributed by atoms with E-state index in [0.29, 0.717) is 9.80 Å². The highest BCUT2D eigenvalue weighted by Gasteiger charge is 2.50. The van der Waals surface area contributed by atoms with Crippen LogP contribution in [-0.4, -0.2) is 66.7 Å². The molecule has 0 radical (unpaired) electrons. The number of carbonyl (C=O) groups excluding carboxylic acids is 4. The molecule has 2 aliphatic heterocycles. The Morgan fingerprint density at radius 2 is 0.812 bits per heavy atom. The maximum Gasteiger partial charge on any atom is 0.329 e. The second-order valence-corrected chi connectivity index (χ2v) is 8.69. The Balaban J connectivity index is 2.02. The third-order valence-corrected chi connectivity index (χ3v) is 6.06. The Kier molecular flexibility index (Phi) is 4.11. The first-order valence-electron chi connectivity index (χ1n) is 9.58. The van der Waals surface area contributed by atoms with Crippen LogP contribution in [0.15, 0.2) is 24.3 Å². The van der Waals surface area contributed by atoms with E-state index in [-0.39, 0.29) is 33.0 Å². The van der Waals surface area contributed by atoms with Crippen molar-refractivity contribution in [2.75, 3.05) is 0 Å². The molecule has 0 aromatic heterocycles. The summed E-state index contributed by atoms with van der Waals surface area (Å²) in [7, 11) is 0. The Morgan fingerprint density at radius 1 is 0.594 bits per heavy atom. The summed E-state index contributed by atoms with van der Waals surface area (Å²) >= 11 is 0. The lowest BCUT2D eigenvalue weighted by atomic mass is 9.83. The Labute approximate surface area is 181 Å². The van der Waals surface area contributed by atoms with E-state index in [2.05, 4.69) is 0 Å². The van der Waals surface area contributed by atoms with Crippen molar-refractivity contribution in [2.24, 2.45) is 0 Å². The second-order valence-electron chi connectivity index (χ2n) is 8.69. The van der Waals surface area contributed by atoms with Gasteiger partial charge in [-0.15, -0.1) is 0 Å². The van der Waals surface area contributed by atoms with Crippen molar-refractivity contribution >= 4 is 46.3 Å². The minimum Gasteiger partial charge on any atom is -0.480 e. The zero-order valence-corrected chi connectivity index (χ0v) is 17.5. The molecule has 0 spiro atoms. The van der Waals surface area contributed by atoms with E-state index in [1.807, 2.05) is 0 Å². The normalized spacial score (nSPS) is 16.1. The molecule has 0 fully saturated rings. The van der Waals surface area contributed by atoms with E-state index in [4.69, 9.17) is 0 Å². The topological polar surface area (TPSA) is 149 Å². The number of carbonyl (C=O) groups is 6. The second kappa shape index (κ2) is 6.22. The number of rotatable bonds is 4. The highest BCUT2D eigenvalue weighted by molar-refractivity contribution is 6.34. The molecule has 10 heteroatoms. The summed E-state index contributed by atoms with van der Waals surface area (Å²) in [4.78, 5) is 77.3. The molecule has 0 atom stereocenters. The van der Waals surface area contributed by atoms with Gasteiger partial charge in [-0.05, 0) is 52.0 Å². The summed E-state index contributed by atoms with van der Waals surface area (Å²) in [6.07, 6.45) is 0. The van der Waals surface area contributed by atoms with E-state index in [9.17, 15) is 39.0 Å². The minimum absolute atomic E-state index is 0.0268. The lowest BCUT2D eigenvalue weighted by Gasteiger charge is -2.39. The number of hydrogen-bond acceptors (Lipinski definition) is 6. The van der Waals surface area contributed by atoms with Gasteiger partial charge in [0.2, 0.25) is 0 Å². The van der Waals surface area contributed by atoms with Gasteiger partial charge in [0.15, 0.2) is 0 Å². The van der Waals surface area contributed by atoms with Gasteiger partial charge in [0.25, 0.3) is 23.6 Å². The molecule has 10 nitrogen and oxygen atoms in total. The summed E-state index contributed by atoms with van der Waals surface area (Å²) in [6.45, 7) is 4.88. The molecular weight excluding hydrogens is 420 g/mol. The first-order chi connectivity index (χ1) is 14.7. The molecule has 0 aliphatic carbocycles. The number of nitrogens with zero attached hydrogens (tertiary/aromatic N) is 2. The highest BCUT2D eigenvalue weighted by Crippen LogP contribution is 2.40. The predicted octanol–water partition coefficient (Wildman–Crippen LogP) is 1.76. The van der Waals surface area contributed by atoms with E-state index in [1.54, 1.807) is 0 Å². The Hall–Kier alpha value is -4.08. The number of carboxylic acids is 2. The van der Waals surface area contributed by atoms with Crippen molar-refractivity contribution in [3.8, 4) is 0 Å². The van der Waals surface area contributed by atoms with Crippen LogP contribution in [-0.2, 0) is 9.59 Å². The summed E-state index contributed by atoms with van der Waals surface area (Å²) < 4.78 is 0. The van der Waals surface area contributed by atoms with Crippen LogP contribution in [0, 0.1) is 0 Å². The Bertz CT molecular complexity index is 1150. The van der Waals surface area contributed by atoms with Crippen molar-refractivity contribution < 1.29 is 39.0 Å². The van der Waals surface area contributed by atoms with E-state index in [1.165, 1.54) is 52.0 Å². The molecule has 164 valence electrons. The van der Waals surface area contributed by atoms with Crippen LogP contribution >= 0.6 is 0 Å². The summed E-state index contributed by atoms with van der Waals surface area (Å²) in [6, 6.07) is 5.13. The number of amides is 4. The molecule has 4 amide bonds. The van der Waals surface area contributed by atoms with Gasteiger partial charge < -0.3 is 10.2 Å². The quantitative estimate of drug-likeness (QED) is 0.686. The molecule has 2 aromatic rings. The zero-order valence-electron chi connectivity index (χ0n) is 17.5. The first-order valence-corrected chi connectivity index (χ1v) is 9.58.